The normalized spacial score (nSPS) is 20.0. The van der Waals surface area contributed by atoms with Gasteiger partial charge in [0.1, 0.15) is 0 Å². The van der Waals surface area contributed by atoms with Crippen LogP contribution in [-0.2, 0) is 0 Å². The standard InChI is InChI=1S/C18H29N3O2/c1-3-21-10-6-8-15(13-21)11-19-18(23)20-12-17(22)16-9-5-4-7-14(16)2/h4-5,7,9,15,17,22H,3,6,8,10-13H2,1-2H3,(H2,19,20,23). The average molecular weight is 319 g/mol. The number of rotatable bonds is 6. The molecule has 3 N–H and O–H groups in total. The van der Waals surface area contributed by atoms with E-state index in [-0.39, 0.29) is 12.6 Å². The maximum atomic E-state index is 11.9. The fourth-order valence-corrected chi connectivity index (χ4v) is 3.16. The van der Waals surface area contributed by atoms with Gasteiger partial charge in [-0.1, -0.05) is 31.2 Å². The third kappa shape index (κ3) is 5.52. The van der Waals surface area contributed by atoms with E-state index >= 15 is 0 Å². The molecule has 0 aliphatic carbocycles. The first-order chi connectivity index (χ1) is 11.1. The number of aryl methyl sites for hydroxylation is 1. The van der Waals surface area contributed by atoms with Crippen molar-refractivity contribution in [1.29, 1.82) is 0 Å². The lowest BCUT2D eigenvalue weighted by molar-refractivity contribution is 0.168. The highest BCUT2D eigenvalue weighted by atomic mass is 16.3. The molecule has 128 valence electrons. The molecule has 1 aromatic rings. The minimum Gasteiger partial charge on any atom is -0.387 e. The molecule has 0 aromatic heterocycles. The quantitative estimate of drug-likeness (QED) is 0.752. The summed E-state index contributed by atoms with van der Waals surface area (Å²) in [4.78, 5) is 14.3. The molecule has 1 aliphatic rings. The van der Waals surface area contributed by atoms with Crippen LogP contribution in [0.25, 0.3) is 0 Å². The van der Waals surface area contributed by atoms with E-state index in [9.17, 15) is 9.90 Å². The lowest BCUT2D eigenvalue weighted by Gasteiger charge is -2.31. The van der Waals surface area contributed by atoms with E-state index in [2.05, 4.69) is 22.5 Å². The molecule has 2 atom stereocenters. The third-order valence-electron chi connectivity index (χ3n) is 4.61. The van der Waals surface area contributed by atoms with Gasteiger partial charge in [-0.05, 0) is 49.9 Å². The number of urea groups is 1. The van der Waals surface area contributed by atoms with Crippen LogP contribution in [0.15, 0.2) is 24.3 Å². The molecule has 0 spiro atoms. The summed E-state index contributed by atoms with van der Waals surface area (Å²) in [7, 11) is 0. The van der Waals surface area contributed by atoms with Gasteiger partial charge in [0.15, 0.2) is 0 Å². The van der Waals surface area contributed by atoms with Crippen molar-refractivity contribution in [2.45, 2.75) is 32.8 Å². The van der Waals surface area contributed by atoms with E-state index in [1.807, 2.05) is 31.2 Å². The molecule has 2 rings (SSSR count). The van der Waals surface area contributed by atoms with Crippen LogP contribution >= 0.6 is 0 Å². The Balaban J connectivity index is 1.70. The van der Waals surface area contributed by atoms with Gasteiger partial charge in [-0.2, -0.15) is 0 Å². The second-order valence-electron chi connectivity index (χ2n) is 6.36. The van der Waals surface area contributed by atoms with Crippen LogP contribution in [0.3, 0.4) is 0 Å². The summed E-state index contributed by atoms with van der Waals surface area (Å²) < 4.78 is 0. The van der Waals surface area contributed by atoms with E-state index < -0.39 is 6.10 Å². The lowest BCUT2D eigenvalue weighted by Crippen LogP contribution is -2.44. The Hall–Kier alpha value is -1.59. The molecule has 1 aliphatic heterocycles. The first-order valence-corrected chi connectivity index (χ1v) is 8.57. The number of hydrogen-bond acceptors (Lipinski definition) is 3. The topological polar surface area (TPSA) is 64.6 Å². The molecule has 1 fully saturated rings. The fourth-order valence-electron chi connectivity index (χ4n) is 3.16. The van der Waals surface area contributed by atoms with Crippen LogP contribution in [0, 0.1) is 12.8 Å². The molecule has 2 unspecified atom stereocenters. The Morgan fingerprint density at radius 2 is 2.17 bits per heavy atom. The highest BCUT2D eigenvalue weighted by Gasteiger charge is 2.19. The molecule has 5 nitrogen and oxygen atoms in total. The highest BCUT2D eigenvalue weighted by molar-refractivity contribution is 5.73. The molecule has 1 aromatic carbocycles. The van der Waals surface area contributed by atoms with Crippen molar-refractivity contribution in [3.63, 3.8) is 0 Å². The maximum Gasteiger partial charge on any atom is 0.314 e. The number of likely N-dealkylation sites (tertiary alicyclic amines) is 1. The predicted molar refractivity (Wildman–Crippen MR) is 92.4 cm³/mol. The number of aliphatic hydroxyl groups is 1. The Labute approximate surface area is 139 Å². The second-order valence-corrected chi connectivity index (χ2v) is 6.36. The molecule has 0 radical (unpaired) electrons. The van der Waals surface area contributed by atoms with E-state index in [0.29, 0.717) is 12.5 Å². The summed E-state index contributed by atoms with van der Waals surface area (Å²) in [6.07, 6.45) is 1.70. The number of piperidine rings is 1. The summed E-state index contributed by atoms with van der Waals surface area (Å²) in [5.74, 6) is 0.524. The monoisotopic (exact) mass is 319 g/mol. The first kappa shape index (κ1) is 17.8. The lowest BCUT2D eigenvalue weighted by atomic mass is 9.98. The molecule has 0 saturated carbocycles. The van der Waals surface area contributed by atoms with Gasteiger partial charge in [0, 0.05) is 19.6 Å². The minimum atomic E-state index is -0.674. The van der Waals surface area contributed by atoms with Gasteiger partial charge in [-0.15, -0.1) is 0 Å². The highest BCUT2D eigenvalue weighted by Crippen LogP contribution is 2.16. The van der Waals surface area contributed by atoms with Crippen molar-refractivity contribution in [1.82, 2.24) is 15.5 Å². The van der Waals surface area contributed by atoms with Crippen LogP contribution < -0.4 is 10.6 Å². The van der Waals surface area contributed by atoms with E-state index in [4.69, 9.17) is 0 Å². The molecular formula is C18H29N3O2. The van der Waals surface area contributed by atoms with Crippen LogP contribution in [-0.4, -0.2) is 48.8 Å². The number of nitrogens with one attached hydrogen (secondary N) is 2. The van der Waals surface area contributed by atoms with E-state index in [1.165, 1.54) is 19.4 Å². The number of nitrogens with zero attached hydrogens (tertiary/aromatic N) is 1. The van der Waals surface area contributed by atoms with Gasteiger partial charge in [-0.3, -0.25) is 0 Å². The van der Waals surface area contributed by atoms with Gasteiger partial charge < -0.3 is 20.6 Å². The summed E-state index contributed by atoms with van der Waals surface area (Å²) in [5.41, 5.74) is 1.89. The van der Waals surface area contributed by atoms with Crippen LogP contribution in [0.4, 0.5) is 4.79 Å². The zero-order chi connectivity index (χ0) is 16.7. The van der Waals surface area contributed by atoms with Gasteiger partial charge in [0.25, 0.3) is 0 Å². The van der Waals surface area contributed by atoms with E-state index in [0.717, 1.165) is 24.2 Å². The SMILES string of the molecule is CCN1CCCC(CNC(=O)NCC(O)c2ccccc2C)C1. The largest absolute Gasteiger partial charge is 0.387 e. The zero-order valence-electron chi connectivity index (χ0n) is 14.2. The molecule has 1 heterocycles. The maximum absolute atomic E-state index is 11.9. The molecular weight excluding hydrogens is 290 g/mol. The molecule has 2 amide bonds. The molecule has 5 heteroatoms. The second kappa shape index (κ2) is 8.89. The van der Waals surface area contributed by atoms with Crippen molar-refractivity contribution < 1.29 is 9.90 Å². The average Bonchev–Trinajstić information content (AvgIpc) is 2.58. The smallest absolute Gasteiger partial charge is 0.314 e. The van der Waals surface area contributed by atoms with Gasteiger partial charge in [0.05, 0.1) is 6.10 Å². The van der Waals surface area contributed by atoms with Crippen molar-refractivity contribution in [3.05, 3.63) is 35.4 Å². The number of aliphatic hydroxyl groups excluding tert-OH is 1. The van der Waals surface area contributed by atoms with E-state index in [1.54, 1.807) is 0 Å². The molecule has 23 heavy (non-hydrogen) atoms. The summed E-state index contributed by atoms with van der Waals surface area (Å²) in [6, 6.07) is 7.48. The van der Waals surface area contributed by atoms with Gasteiger partial charge in [0.2, 0.25) is 0 Å². The van der Waals surface area contributed by atoms with Crippen molar-refractivity contribution in [2.75, 3.05) is 32.7 Å². The van der Waals surface area contributed by atoms with Crippen molar-refractivity contribution in [3.8, 4) is 0 Å². The Kier molecular flexibility index (Phi) is 6.86. The number of carbonyl (C=O) groups is 1. The summed E-state index contributed by atoms with van der Waals surface area (Å²) in [5, 5.41) is 15.9. The third-order valence-corrected chi connectivity index (χ3v) is 4.61. The van der Waals surface area contributed by atoms with Crippen LogP contribution in [0.1, 0.15) is 37.0 Å². The number of benzene rings is 1. The van der Waals surface area contributed by atoms with Crippen LogP contribution in [0.5, 0.6) is 0 Å². The van der Waals surface area contributed by atoms with Gasteiger partial charge >= 0.3 is 6.03 Å². The van der Waals surface area contributed by atoms with Gasteiger partial charge in [-0.25, -0.2) is 4.79 Å². The number of hydrogen-bond donors (Lipinski definition) is 3. The summed E-state index contributed by atoms with van der Waals surface area (Å²) in [6.45, 7) is 8.36. The summed E-state index contributed by atoms with van der Waals surface area (Å²) >= 11 is 0. The Morgan fingerprint density at radius 1 is 1.39 bits per heavy atom. The number of carbonyl (C=O) groups excluding carboxylic acids is 1. The predicted octanol–water partition coefficient (Wildman–Crippen LogP) is 2.06. The molecule has 0 bridgehead atoms. The minimum absolute atomic E-state index is 0.203. The molecule has 1 saturated heterocycles. The Morgan fingerprint density at radius 3 is 2.91 bits per heavy atom. The number of amides is 2. The Bertz CT molecular complexity index is 507. The van der Waals surface area contributed by atoms with Crippen molar-refractivity contribution >= 4 is 6.03 Å². The van der Waals surface area contributed by atoms with Crippen molar-refractivity contribution in [2.24, 2.45) is 5.92 Å². The van der Waals surface area contributed by atoms with Crippen LogP contribution in [0.2, 0.25) is 0 Å². The first-order valence-electron chi connectivity index (χ1n) is 8.57. The zero-order valence-corrected chi connectivity index (χ0v) is 14.2. The fraction of sp³-hybridized carbons (Fsp3) is 0.611.